The maximum atomic E-state index is 11.1. The fourth-order valence-electron chi connectivity index (χ4n) is 2.43. The van der Waals surface area contributed by atoms with Gasteiger partial charge in [0, 0.05) is 35.1 Å². The molecule has 1 fully saturated rings. The molecule has 195 valence electrons. The molecule has 2 aliphatic rings. The normalized spacial score (nSPS) is 21.5. The standard InChI is InChI=1S/C9H9O3.C5H5N.2C4H8N2O2.Co/c1-5-3-2-4-6-7(5)9(11)12-8(6)10;1-2-4-6-5-3-1;2*1-3(5-7)4(2)6-8;/h3,5-7H,4H2,1H3;1-5H;2*7-8H,1-2H3;/q-1;;;;/b;;2*5-3+,6-4+;/t5-,6+,7-;;;;/m1..../s1. The Bertz CT molecular complexity index is 843. The number of carbonyl (C=O) groups excluding carboxylic acids is 2. The van der Waals surface area contributed by atoms with Gasteiger partial charge in [-0.25, -0.2) is 0 Å². The van der Waals surface area contributed by atoms with Crippen LogP contribution in [-0.4, -0.2) is 60.6 Å². The minimum Gasteiger partial charge on any atom is -0.499 e. The van der Waals surface area contributed by atoms with E-state index in [0.717, 1.165) is 0 Å². The van der Waals surface area contributed by atoms with E-state index in [1.807, 2.05) is 31.2 Å². The Morgan fingerprint density at radius 2 is 1.29 bits per heavy atom. The van der Waals surface area contributed by atoms with E-state index in [1.54, 1.807) is 12.4 Å². The molecule has 0 amide bonds. The smallest absolute Gasteiger partial charge is 0.317 e. The Hall–Kier alpha value is -3.58. The van der Waals surface area contributed by atoms with E-state index < -0.39 is 0 Å². The first-order valence-electron chi connectivity index (χ1n) is 10.1. The van der Waals surface area contributed by atoms with Crippen LogP contribution in [0.5, 0.6) is 0 Å². The van der Waals surface area contributed by atoms with Gasteiger partial charge in [-0.1, -0.05) is 33.6 Å². The van der Waals surface area contributed by atoms with Crippen molar-refractivity contribution >= 4 is 34.8 Å². The number of nitrogens with zero attached hydrogens (tertiary/aromatic N) is 5. The van der Waals surface area contributed by atoms with Crippen LogP contribution in [0, 0.1) is 23.8 Å². The fourth-order valence-corrected chi connectivity index (χ4v) is 2.43. The molecule has 0 bridgehead atoms. The van der Waals surface area contributed by atoms with Crippen molar-refractivity contribution in [3.05, 3.63) is 42.7 Å². The zero-order valence-electron chi connectivity index (χ0n) is 20.0. The van der Waals surface area contributed by atoms with E-state index in [4.69, 9.17) is 20.8 Å². The maximum absolute atomic E-state index is 11.1. The minimum absolute atomic E-state index is 0. The Labute approximate surface area is 214 Å². The van der Waals surface area contributed by atoms with Gasteiger partial charge in [-0.3, -0.25) is 20.6 Å². The van der Waals surface area contributed by atoms with Gasteiger partial charge in [-0.2, -0.15) is 6.42 Å². The van der Waals surface area contributed by atoms with Gasteiger partial charge in [0.2, 0.25) is 0 Å². The number of fused-ring (bicyclic) bond motifs is 1. The monoisotopic (exact) mass is 535 g/mol. The summed E-state index contributed by atoms with van der Waals surface area (Å²) in [7, 11) is 0. The molecule has 1 radical (unpaired) electrons. The predicted octanol–water partition coefficient (Wildman–Crippen LogP) is 3.15. The molecule has 1 saturated heterocycles. The third-order valence-electron chi connectivity index (χ3n) is 4.71. The molecule has 1 aromatic heterocycles. The van der Waals surface area contributed by atoms with E-state index in [1.165, 1.54) is 27.7 Å². The second kappa shape index (κ2) is 18.8. The second-order valence-electron chi connectivity index (χ2n) is 7.07. The van der Waals surface area contributed by atoms with Crippen LogP contribution in [0.4, 0.5) is 0 Å². The average molecular weight is 535 g/mol. The van der Waals surface area contributed by atoms with Gasteiger partial charge in [0.25, 0.3) is 0 Å². The van der Waals surface area contributed by atoms with Crippen LogP contribution in [0.2, 0.25) is 0 Å². The molecule has 3 atom stereocenters. The second-order valence-corrected chi connectivity index (χ2v) is 7.07. The molecule has 0 spiro atoms. The number of allylic oxidation sites excluding steroid dienone is 2. The van der Waals surface area contributed by atoms with Crippen molar-refractivity contribution in [2.45, 2.75) is 41.0 Å². The van der Waals surface area contributed by atoms with Gasteiger partial charge < -0.3 is 31.6 Å². The first kappa shape index (κ1) is 33.6. The molecule has 1 aliphatic heterocycles. The SMILES string of the molecule is CC(=N\O)/C(C)=N/O.CC(=N\O)/C(C)=N/O.C[C@@H]1C=[C-]C[C@@H]2C(=O)OC(=O)[C@H]12.[Co].c1ccncc1. The third-order valence-corrected chi connectivity index (χ3v) is 4.71. The van der Waals surface area contributed by atoms with Crippen molar-refractivity contribution < 1.29 is 51.9 Å². The zero-order valence-corrected chi connectivity index (χ0v) is 21.0. The van der Waals surface area contributed by atoms with E-state index in [0.29, 0.717) is 29.3 Å². The van der Waals surface area contributed by atoms with Gasteiger partial charge in [0.05, 0.1) is 5.92 Å². The van der Waals surface area contributed by atoms with Gasteiger partial charge >= 0.3 is 11.9 Å². The Kier molecular flexibility index (Phi) is 18.0. The van der Waals surface area contributed by atoms with E-state index in [-0.39, 0.29) is 46.5 Å². The summed E-state index contributed by atoms with van der Waals surface area (Å²) in [6, 6.07) is 5.72. The summed E-state index contributed by atoms with van der Waals surface area (Å²) in [6.45, 7) is 8.05. The zero-order chi connectivity index (χ0) is 26.1. The van der Waals surface area contributed by atoms with E-state index in [2.05, 4.69) is 36.4 Å². The van der Waals surface area contributed by atoms with Crippen molar-refractivity contribution in [2.75, 3.05) is 0 Å². The van der Waals surface area contributed by atoms with Gasteiger partial charge in [0.15, 0.2) is 0 Å². The molecular formula is C22H30CoN5O7-. The quantitative estimate of drug-likeness (QED) is 0.111. The Morgan fingerprint density at radius 1 is 0.857 bits per heavy atom. The van der Waals surface area contributed by atoms with Crippen molar-refractivity contribution in [1.82, 2.24) is 4.98 Å². The van der Waals surface area contributed by atoms with Crippen LogP contribution in [-0.2, 0) is 31.1 Å². The van der Waals surface area contributed by atoms with Crippen LogP contribution in [0.3, 0.4) is 0 Å². The first-order valence-corrected chi connectivity index (χ1v) is 10.1. The summed E-state index contributed by atoms with van der Waals surface area (Å²) in [5, 5.41) is 43.3. The number of aromatic nitrogens is 1. The van der Waals surface area contributed by atoms with E-state index in [9.17, 15) is 9.59 Å². The molecule has 1 aromatic rings. The number of rotatable bonds is 2. The molecule has 0 saturated carbocycles. The van der Waals surface area contributed by atoms with Gasteiger partial charge in [-0.15, -0.1) is 0 Å². The van der Waals surface area contributed by atoms with Crippen LogP contribution in [0.25, 0.3) is 0 Å². The van der Waals surface area contributed by atoms with Crippen LogP contribution in [0.1, 0.15) is 41.0 Å². The molecule has 0 unspecified atom stereocenters. The van der Waals surface area contributed by atoms with Gasteiger partial charge in [0.1, 0.15) is 22.8 Å². The van der Waals surface area contributed by atoms with Crippen molar-refractivity contribution in [1.29, 1.82) is 0 Å². The van der Waals surface area contributed by atoms with Crippen molar-refractivity contribution in [3.8, 4) is 0 Å². The molecule has 12 nitrogen and oxygen atoms in total. The number of cyclic esters (lactones) is 2. The van der Waals surface area contributed by atoms with Crippen LogP contribution >= 0.6 is 0 Å². The van der Waals surface area contributed by atoms with E-state index >= 15 is 0 Å². The summed E-state index contributed by atoms with van der Waals surface area (Å²) < 4.78 is 4.54. The third kappa shape index (κ3) is 12.4. The number of hydrogen-bond donors (Lipinski definition) is 4. The maximum Gasteiger partial charge on any atom is 0.317 e. The summed E-state index contributed by atoms with van der Waals surface area (Å²) in [5.74, 6) is -1.17. The summed E-state index contributed by atoms with van der Waals surface area (Å²) in [5.41, 5.74) is 1.25. The average Bonchev–Trinajstić information content (AvgIpc) is 3.18. The number of esters is 2. The number of ether oxygens (including phenoxy) is 1. The van der Waals surface area contributed by atoms with Gasteiger partial charge in [-0.05, 0) is 45.7 Å². The topological polar surface area (TPSA) is 187 Å². The number of pyridine rings is 1. The van der Waals surface area contributed by atoms with Crippen LogP contribution in [0.15, 0.2) is 57.3 Å². The number of carbonyl (C=O) groups is 2. The molecule has 1 aliphatic carbocycles. The first-order chi connectivity index (χ1) is 16.1. The predicted molar refractivity (Wildman–Crippen MR) is 123 cm³/mol. The molecule has 2 heterocycles. The summed E-state index contributed by atoms with van der Waals surface area (Å²) >= 11 is 0. The molecular weight excluding hydrogens is 505 g/mol. The minimum atomic E-state index is -0.377. The van der Waals surface area contributed by atoms with Crippen molar-refractivity contribution in [3.63, 3.8) is 0 Å². The van der Waals surface area contributed by atoms with Crippen molar-refractivity contribution in [2.24, 2.45) is 38.4 Å². The summed E-state index contributed by atoms with van der Waals surface area (Å²) in [6.07, 6.45) is 8.85. The molecule has 3 rings (SSSR count). The Morgan fingerprint density at radius 3 is 1.57 bits per heavy atom. The van der Waals surface area contributed by atoms with Crippen LogP contribution < -0.4 is 0 Å². The number of hydrogen-bond acceptors (Lipinski definition) is 12. The molecule has 13 heteroatoms. The summed E-state index contributed by atoms with van der Waals surface area (Å²) in [4.78, 5) is 26.0. The number of oxime groups is 4. The Balaban J connectivity index is 0. The fraction of sp³-hybridized carbons (Fsp3) is 0.409. The molecule has 0 aromatic carbocycles. The largest absolute Gasteiger partial charge is 0.499 e. The molecule has 35 heavy (non-hydrogen) atoms. The molecule has 4 N–H and O–H groups in total.